The average molecular weight is 388 g/mol. The highest BCUT2D eigenvalue weighted by Crippen LogP contribution is 2.27. The molecule has 144 valence electrons. The average Bonchev–Trinajstić information content (AvgIpc) is 3.08. The molecule has 0 spiro atoms. The van der Waals surface area contributed by atoms with Crippen LogP contribution in [0.3, 0.4) is 0 Å². The van der Waals surface area contributed by atoms with Gasteiger partial charge in [-0.15, -0.1) is 0 Å². The van der Waals surface area contributed by atoms with Gasteiger partial charge in [0.1, 0.15) is 4.90 Å². The van der Waals surface area contributed by atoms with E-state index >= 15 is 0 Å². The number of aromatic nitrogens is 4. The van der Waals surface area contributed by atoms with Crippen LogP contribution in [0.2, 0.25) is 0 Å². The molecule has 2 aromatic heterocycles. The van der Waals surface area contributed by atoms with E-state index in [0.29, 0.717) is 11.3 Å². The lowest BCUT2D eigenvalue weighted by atomic mass is 10.3. The van der Waals surface area contributed by atoms with E-state index in [-0.39, 0.29) is 10.7 Å². The summed E-state index contributed by atoms with van der Waals surface area (Å²) < 4.78 is 29.6. The number of nitrogens with one attached hydrogen (secondary N) is 1. The maximum Gasteiger partial charge on any atom is 0.266 e. The van der Waals surface area contributed by atoms with Crippen LogP contribution in [0, 0.1) is 0 Å². The number of benzene rings is 1. The summed E-state index contributed by atoms with van der Waals surface area (Å²) in [6.45, 7) is 5.69. The molecule has 0 amide bonds. The Morgan fingerprint density at radius 1 is 1.07 bits per heavy atom. The standard InChI is InChI=1S/C18H24N6O2S/c1-4-10-24(11-5-2)18-17(20-15-8-6-7-9-16(15)21-18)22-27(25,26)14-12-19-23(3)13-14/h6-9,12-13H,4-5,10-11H2,1-3H3,(H,20,22). The van der Waals surface area contributed by atoms with Crippen LogP contribution in [0.15, 0.2) is 41.6 Å². The van der Waals surface area contributed by atoms with E-state index in [1.54, 1.807) is 7.05 Å². The highest BCUT2D eigenvalue weighted by molar-refractivity contribution is 7.92. The van der Waals surface area contributed by atoms with Gasteiger partial charge in [-0.3, -0.25) is 9.40 Å². The van der Waals surface area contributed by atoms with Crippen molar-refractivity contribution < 1.29 is 8.42 Å². The molecule has 9 heteroatoms. The van der Waals surface area contributed by atoms with Gasteiger partial charge in [0.15, 0.2) is 11.6 Å². The van der Waals surface area contributed by atoms with Crippen LogP contribution >= 0.6 is 0 Å². The number of para-hydroxylation sites is 2. The summed E-state index contributed by atoms with van der Waals surface area (Å²) in [5, 5.41) is 3.94. The molecule has 2 heterocycles. The quantitative estimate of drug-likeness (QED) is 0.638. The Hall–Kier alpha value is -2.68. The number of aryl methyl sites for hydroxylation is 1. The van der Waals surface area contributed by atoms with Crippen molar-refractivity contribution >= 4 is 32.7 Å². The molecule has 0 aliphatic carbocycles. The molecule has 0 fully saturated rings. The third kappa shape index (κ3) is 4.19. The molecule has 0 radical (unpaired) electrons. The van der Waals surface area contributed by atoms with Crippen LogP contribution in [0.1, 0.15) is 26.7 Å². The highest BCUT2D eigenvalue weighted by Gasteiger charge is 2.22. The molecule has 0 saturated carbocycles. The van der Waals surface area contributed by atoms with Crippen molar-refractivity contribution in [2.45, 2.75) is 31.6 Å². The minimum Gasteiger partial charge on any atom is -0.354 e. The van der Waals surface area contributed by atoms with Crippen molar-refractivity contribution in [3.63, 3.8) is 0 Å². The van der Waals surface area contributed by atoms with Gasteiger partial charge in [0.05, 0.1) is 17.2 Å². The van der Waals surface area contributed by atoms with Crippen molar-refractivity contribution in [3.8, 4) is 0 Å². The van der Waals surface area contributed by atoms with E-state index < -0.39 is 10.0 Å². The summed E-state index contributed by atoms with van der Waals surface area (Å²) in [4.78, 5) is 11.4. The van der Waals surface area contributed by atoms with Crippen molar-refractivity contribution in [1.82, 2.24) is 19.7 Å². The van der Waals surface area contributed by atoms with Gasteiger partial charge in [-0.1, -0.05) is 26.0 Å². The molecule has 0 bridgehead atoms. The number of rotatable bonds is 8. The van der Waals surface area contributed by atoms with Crippen LogP contribution in [0.5, 0.6) is 0 Å². The molecular formula is C18H24N6O2S. The van der Waals surface area contributed by atoms with Gasteiger partial charge in [-0.05, 0) is 25.0 Å². The second-order valence-corrected chi connectivity index (χ2v) is 8.01. The van der Waals surface area contributed by atoms with E-state index in [1.807, 2.05) is 24.3 Å². The Balaban J connectivity index is 2.10. The van der Waals surface area contributed by atoms with Gasteiger partial charge in [0.25, 0.3) is 10.0 Å². The first-order chi connectivity index (χ1) is 12.9. The number of sulfonamides is 1. The van der Waals surface area contributed by atoms with Crippen molar-refractivity contribution in [2.75, 3.05) is 22.7 Å². The van der Waals surface area contributed by atoms with Crippen LogP contribution in [-0.4, -0.2) is 41.3 Å². The third-order valence-corrected chi connectivity index (χ3v) is 5.35. The molecule has 3 aromatic rings. The van der Waals surface area contributed by atoms with Crippen LogP contribution in [0.4, 0.5) is 11.6 Å². The monoisotopic (exact) mass is 388 g/mol. The predicted molar refractivity (Wildman–Crippen MR) is 106 cm³/mol. The number of fused-ring (bicyclic) bond motifs is 1. The molecule has 0 aliphatic rings. The highest BCUT2D eigenvalue weighted by atomic mass is 32.2. The number of hydrogen-bond donors (Lipinski definition) is 1. The molecule has 0 saturated heterocycles. The van der Waals surface area contributed by atoms with Crippen molar-refractivity contribution in [1.29, 1.82) is 0 Å². The first kappa shape index (κ1) is 19.1. The summed E-state index contributed by atoms with van der Waals surface area (Å²) in [5.74, 6) is 0.782. The normalized spacial score (nSPS) is 11.7. The predicted octanol–water partition coefficient (Wildman–Crippen LogP) is 2.79. The van der Waals surface area contributed by atoms with Gasteiger partial charge in [-0.2, -0.15) is 5.10 Å². The van der Waals surface area contributed by atoms with E-state index in [2.05, 4.69) is 33.6 Å². The van der Waals surface area contributed by atoms with Gasteiger partial charge < -0.3 is 4.90 Å². The summed E-state index contributed by atoms with van der Waals surface area (Å²) in [6.07, 6.45) is 4.60. The van der Waals surface area contributed by atoms with Gasteiger partial charge in [0.2, 0.25) is 0 Å². The fraction of sp³-hybridized carbons (Fsp3) is 0.389. The van der Waals surface area contributed by atoms with Gasteiger partial charge in [0, 0.05) is 26.3 Å². The first-order valence-electron chi connectivity index (χ1n) is 8.97. The van der Waals surface area contributed by atoms with Crippen molar-refractivity contribution in [3.05, 3.63) is 36.7 Å². The smallest absolute Gasteiger partial charge is 0.266 e. The zero-order chi connectivity index (χ0) is 19.4. The van der Waals surface area contributed by atoms with Crippen molar-refractivity contribution in [2.24, 2.45) is 7.05 Å². The van der Waals surface area contributed by atoms with E-state index in [1.165, 1.54) is 17.1 Å². The molecule has 1 aromatic carbocycles. The molecule has 0 unspecified atom stereocenters. The molecule has 27 heavy (non-hydrogen) atoms. The second kappa shape index (κ2) is 7.91. The largest absolute Gasteiger partial charge is 0.354 e. The summed E-state index contributed by atoms with van der Waals surface area (Å²) >= 11 is 0. The molecule has 1 N–H and O–H groups in total. The summed E-state index contributed by atoms with van der Waals surface area (Å²) in [6, 6.07) is 7.44. The summed E-state index contributed by atoms with van der Waals surface area (Å²) in [7, 11) is -2.14. The van der Waals surface area contributed by atoms with E-state index in [4.69, 9.17) is 4.98 Å². The zero-order valence-corrected chi connectivity index (χ0v) is 16.6. The number of hydrogen-bond acceptors (Lipinski definition) is 6. The van der Waals surface area contributed by atoms with Gasteiger partial charge in [-0.25, -0.2) is 18.4 Å². The lowest BCUT2D eigenvalue weighted by Gasteiger charge is -2.25. The Labute approximate surface area is 159 Å². The minimum absolute atomic E-state index is 0.0865. The molecular weight excluding hydrogens is 364 g/mol. The molecule has 8 nitrogen and oxygen atoms in total. The first-order valence-corrected chi connectivity index (χ1v) is 10.5. The topological polar surface area (TPSA) is 93.0 Å². The van der Waals surface area contributed by atoms with Gasteiger partial charge >= 0.3 is 0 Å². The molecule has 0 atom stereocenters. The SMILES string of the molecule is CCCN(CCC)c1nc2ccccc2nc1NS(=O)(=O)c1cnn(C)c1. The second-order valence-electron chi connectivity index (χ2n) is 6.33. The Kier molecular flexibility index (Phi) is 5.59. The Morgan fingerprint density at radius 2 is 1.70 bits per heavy atom. The number of anilines is 2. The third-order valence-electron chi connectivity index (χ3n) is 4.06. The lowest BCUT2D eigenvalue weighted by molar-refractivity contribution is 0.600. The maximum absolute atomic E-state index is 12.8. The maximum atomic E-state index is 12.8. The fourth-order valence-corrected chi connectivity index (χ4v) is 3.85. The molecule has 3 rings (SSSR count). The Morgan fingerprint density at radius 3 is 2.26 bits per heavy atom. The summed E-state index contributed by atoms with van der Waals surface area (Å²) in [5.41, 5.74) is 1.37. The number of nitrogens with zero attached hydrogens (tertiary/aromatic N) is 5. The Bertz CT molecular complexity index is 1030. The lowest BCUT2D eigenvalue weighted by Crippen LogP contribution is -2.28. The van der Waals surface area contributed by atoms with Crippen LogP contribution < -0.4 is 9.62 Å². The van der Waals surface area contributed by atoms with E-state index in [9.17, 15) is 8.42 Å². The van der Waals surface area contributed by atoms with Crippen LogP contribution in [0.25, 0.3) is 11.0 Å². The molecule has 0 aliphatic heterocycles. The van der Waals surface area contributed by atoms with E-state index in [0.717, 1.165) is 31.4 Å². The zero-order valence-electron chi connectivity index (χ0n) is 15.8. The van der Waals surface area contributed by atoms with Crippen LogP contribution in [-0.2, 0) is 17.1 Å². The minimum atomic E-state index is -3.81. The fourth-order valence-electron chi connectivity index (χ4n) is 2.87.